The summed E-state index contributed by atoms with van der Waals surface area (Å²) in [5, 5.41) is 0. The molecule has 1 unspecified atom stereocenters. The van der Waals surface area contributed by atoms with Crippen LogP contribution in [0.5, 0.6) is 0 Å². The van der Waals surface area contributed by atoms with Crippen molar-refractivity contribution in [3.63, 3.8) is 0 Å². The van der Waals surface area contributed by atoms with Gasteiger partial charge in [0, 0.05) is 19.3 Å². The van der Waals surface area contributed by atoms with E-state index in [4.69, 9.17) is 14.2 Å². The molecule has 0 fully saturated rings. The van der Waals surface area contributed by atoms with Crippen LogP contribution in [0.15, 0.2) is 48.6 Å². The molecule has 1 atom stereocenters. The van der Waals surface area contributed by atoms with E-state index in [1.54, 1.807) is 0 Å². The number of carbonyl (C=O) groups excluding carboxylic acids is 3. The molecule has 0 aliphatic rings. The summed E-state index contributed by atoms with van der Waals surface area (Å²) in [6.45, 7) is 6.59. The lowest BCUT2D eigenvalue weighted by atomic mass is 10.1. The number of hydrogen-bond donors (Lipinski definition) is 0. The van der Waals surface area contributed by atoms with Crippen molar-refractivity contribution in [3.8, 4) is 0 Å². The van der Waals surface area contributed by atoms with Crippen molar-refractivity contribution in [3.05, 3.63) is 48.6 Å². The molecular formula is C58H104O6. The third kappa shape index (κ3) is 50.4. The zero-order valence-corrected chi connectivity index (χ0v) is 42.6. The summed E-state index contributed by atoms with van der Waals surface area (Å²) in [6, 6.07) is 0. The standard InChI is InChI=1S/C58H104O6/c1-4-7-10-13-16-19-21-23-25-27-29-31-33-35-37-39-42-45-48-51-57(60)63-54-55(53-62-56(59)50-47-44-41-18-15-12-9-6-3)64-58(61)52-49-46-43-40-38-36-34-32-30-28-26-24-22-20-17-14-11-8-5-2/h16,19,23-26,29,31,55H,4-15,17-18,20-22,27-28,30,32-54H2,1-3H3/b19-16-,25-23-,26-24-,31-29-. The molecule has 6 nitrogen and oxygen atoms in total. The van der Waals surface area contributed by atoms with Crippen LogP contribution >= 0.6 is 0 Å². The molecule has 64 heavy (non-hydrogen) atoms. The maximum absolute atomic E-state index is 12.8. The second-order valence-corrected chi connectivity index (χ2v) is 18.5. The van der Waals surface area contributed by atoms with E-state index in [1.165, 1.54) is 167 Å². The van der Waals surface area contributed by atoms with E-state index >= 15 is 0 Å². The molecule has 0 N–H and O–H groups in total. The molecule has 0 saturated heterocycles. The van der Waals surface area contributed by atoms with Crippen molar-refractivity contribution in [2.24, 2.45) is 0 Å². The van der Waals surface area contributed by atoms with Crippen LogP contribution in [0.1, 0.15) is 284 Å². The molecule has 6 heteroatoms. The van der Waals surface area contributed by atoms with Crippen molar-refractivity contribution >= 4 is 17.9 Å². The van der Waals surface area contributed by atoms with Gasteiger partial charge in [0.2, 0.25) is 0 Å². The number of carbonyl (C=O) groups is 3. The summed E-state index contributed by atoms with van der Waals surface area (Å²) < 4.78 is 16.8. The summed E-state index contributed by atoms with van der Waals surface area (Å²) in [7, 11) is 0. The van der Waals surface area contributed by atoms with Crippen LogP contribution in [-0.4, -0.2) is 37.2 Å². The van der Waals surface area contributed by atoms with Gasteiger partial charge in [-0.2, -0.15) is 0 Å². The number of esters is 3. The van der Waals surface area contributed by atoms with Gasteiger partial charge in [-0.3, -0.25) is 14.4 Å². The van der Waals surface area contributed by atoms with Gasteiger partial charge in [-0.15, -0.1) is 0 Å². The molecule has 0 amide bonds. The summed E-state index contributed by atoms with van der Waals surface area (Å²) in [5.74, 6) is -0.886. The lowest BCUT2D eigenvalue weighted by molar-refractivity contribution is -0.167. The SMILES string of the molecule is CCCCC/C=C\C/C=C\C/C=C\CCCCCCCCC(=O)OCC(COC(=O)CCCCCCCCCC)OC(=O)CCCCCCCCCCC/C=C\CCCCCCCC. The minimum Gasteiger partial charge on any atom is -0.462 e. The van der Waals surface area contributed by atoms with Crippen LogP contribution in [0.25, 0.3) is 0 Å². The van der Waals surface area contributed by atoms with E-state index in [1.807, 2.05) is 0 Å². The molecule has 0 radical (unpaired) electrons. The molecule has 0 aliphatic heterocycles. The van der Waals surface area contributed by atoms with Crippen molar-refractivity contribution in [2.75, 3.05) is 13.2 Å². The molecule has 0 aromatic heterocycles. The fraction of sp³-hybridized carbons (Fsp3) is 0.810. The number of hydrogen-bond acceptors (Lipinski definition) is 6. The van der Waals surface area contributed by atoms with E-state index in [0.29, 0.717) is 19.3 Å². The zero-order chi connectivity index (χ0) is 46.5. The van der Waals surface area contributed by atoms with E-state index in [2.05, 4.69) is 69.4 Å². The van der Waals surface area contributed by atoms with Crippen LogP contribution in [0.3, 0.4) is 0 Å². The Morgan fingerprint density at radius 2 is 0.562 bits per heavy atom. The van der Waals surface area contributed by atoms with Crippen LogP contribution in [0.2, 0.25) is 0 Å². The van der Waals surface area contributed by atoms with Crippen LogP contribution < -0.4 is 0 Å². The minimum absolute atomic E-state index is 0.0763. The second-order valence-electron chi connectivity index (χ2n) is 18.5. The highest BCUT2D eigenvalue weighted by molar-refractivity contribution is 5.71. The molecule has 0 rings (SSSR count). The summed E-state index contributed by atoms with van der Waals surface area (Å²) in [4.78, 5) is 37.9. The van der Waals surface area contributed by atoms with Gasteiger partial charge in [-0.1, -0.05) is 230 Å². The predicted octanol–water partition coefficient (Wildman–Crippen LogP) is 18.3. The van der Waals surface area contributed by atoms with Gasteiger partial charge in [0.15, 0.2) is 6.10 Å². The van der Waals surface area contributed by atoms with E-state index < -0.39 is 6.10 Å². The smallest absolute Gasteiger partial charge is 0.306 e. The van der Waals surface area contributed by atoms with Crippen LogP contribution in [0.4, 0.5) is 0 Å². The van der Waals surface area contributed by atoms with Gasteiger partial charge in [0.05, 0.1) is 0 Å². The van der Waals surface area contributed by atoms with E-state index in [0.717, 1.165) is 77.0 Å². The summed E-state index contributed by atoms with van der Waals surface area (Å²) in [5.41, 5.74) is 0. The highest BCUT2D eigenvalue weighted by Crippen LogP contribution is 2.15. The largest absolute Gasteiger partial charge is 0.462 e. The maximum atomic E-state index is 12.8. The van der Waals surface area contributed by atoms with Gasteiger partial charge in [0.1, 0.15) is 13.2 Å². The van der Waals surface area contributed by atoms with E-state index in [-0.39, 0.29) is 31.1 Å². The predicted molar refractivity (Wildman–Crippen MR) is 275 cm³/mol. The summed E-state index contributed by atoms with van der Waals surface area (Å²) >= 11 is 0. The highest BCUT2D eigenvalue weighted by atomic mass is 16.6. The van der Waals surface area contributed by atoms with Gasteiger partial charge in [0.25, 0.3) is 0 Å². The minimum atomic E-state index is -0.776. The van der Waals surface area contributed by atoms with Gasteiger partial charge in [-0.05, 0) is 83.5 Å². The molecule has 0 aliphatic carbocycles. The lowest BCUT2D eigenvalue weighted by Crippen LogP contribution is -2.30. The summed E-state index contributed by atoms with van der Waals surface area (Å²) in [6.07, 6.45) is 63.9. The van der Waals surface area contributed by atoms with Crippen molar-refractivity contribution in [2.45, 2.75) is 290 Å². The Morgan fingerprint density at radius 3 is 0.922 bits per heavy atom. The number of allylic oxidation sites excluding steroid dienone is 8. The fourth-order valence-corrected chi connectivity index (χ4v) is 7.86. The quantitative estimate of drug-likeness (QED) is 0.0262. The lowest BCUT2D eigenvalue weighted by Gasteiger charge is -2.18. The molecule has 0 aromatic carbocycles. The molecule has 0 aromatic rings. The van der Waals surface area contributed by atoms with Gasteiger partial charge >= 0.3 is 17.9 Å². The van der Waals surface area contributed by atoms with Crippen molar-refractivity contribution < 1.29 is 28.6 Å². The first kappa shape index (κ1) is 61.4. The normalized spacial score (nSPS) is 12.4. The highest BCUT2D eigenvalue weighted by Gasteiger charge is 2.19. The molecular weight excluding hydrogens is 793 g/mol. The third-order valence-electron chi connectivity index (χ3n) is 12.1. The first-order chi connectivity index (χ1) is 31.5. The molecule has 0 spiro atoms. The van der Waals surface area contributed by atoms with Crippen LogP contribution in [-0.2, 0) is 28.6 Å². The average molecular weight is 897 g/mol. The number of unbranched alkanes of at least 4 members (excludes halogenated alkanes) is 31. The Bertz CT molecular complexity index is 1120. The Labute approximate surface area is 397 Å². The first-order valence-corrected chi connectivity index (χ1v) is 27.6. The zero-order valence-electron chi connectivity index (χ0n) is 42.6. The Balaban J connectivity index is 4.27. The van der Waals surface area contributed by atoms with Gasteiger partial charge < -0.3 is 14.2 Å². The first-order valence-electron chi connectivity index (χ1n) is 27.6. The monoisotopic (exact) mass is 897 g/mol. The molecule has 372 valence electrons. The van der Waals surface area contributed by atoms with E-state index in [9.17, 15) is 14.4 Å². The molecule has 0 heterocycles. The third-order valence-corrected chi connectivity index (χ3v) is 12.1. The Morgan fingerprint density at radius 1 is 0.312 bits per heavy atom. The molecule has 0 saturated carbocycles. The maximum Gasteiger partial charge on any atom is 0.306 e. The Kier molecular flexibility index (Phi) is 50.8. The fourth-order valence-electron chi connectivity index (χ4n) is 7.86. The van der Waals surface area contributed by atoms with Gasteiger partial charge in [-0.25, -0.2) is 0 Å². The molecule has 0 bridgehead atoms. The topological polar surface area (TPSA) is 78.9 Å². The number of ether oxygens (including phenoxy) is 3. The van der Waals surface area contributed by atoms with Crippen molar-refractivity contribution in [1.29, 1.82) is 0 Å². The average Bonchev–Trinajstić information content (AvgIpc) is 3.29. The second kappa shape index (κ2) is 53.0. The van der Waals surface area contributed by atoms with Crippen LogP contribution in [0, 0.1) is 0 Å². The van der Waals surface area contributed by atoms with Crippen molar-refractivity contribution in [1.82, 2.24) is 0 Å². The Hall–Kier alpha value is -2.63. The number of rotatable bonds is 50.